The van der Waals surface area contributed by atoms with Gasteiger partial charge in [-0.05, 0) is 29.7 Å². The Kier molecular flexibility index (Phi) is 5.39. The number of thioether (sulfide) groups is 1. The van der Waals surface area contributed by atoms with Gasteiger partial charge in [0.25, 0.3) is 0 Å². The van der Waals surface area contributed by atoms with Crippen molar-refractivity contribution in [2.45, 2.75) is 4.90 Å². The molecule has 3 aromatic rings. The van der Waals surface area contributed by atoms with Gasteiger partial charge >= 0.3 is 5.69 Å². The van der Waals surface area contributed by atoms with Gasteiger partial charge in [0.1, 0.15) is 0 Å². The summed E-state index contributed by atoms with van der Waals surface area (Å²) in [4.78, 5) is 22.9. The number of nitro benzene ring substituents is 1. The van der Waals surface area contributed by atoms with E-state index in [2.05, 4.69) is 5.32 Å². The molecular weight excluding hydrogens is 379 g/mol. The number of nitro groups is 1. The number of rotatable bonds is 5. The highest BCUT2D eigenvalue weighted by Gasteiger charge is 2.15. The van der Waals surface area contributed by atoms with Crippen molar-refractivity contribution in [3.8, 4) is 0 Å². The average Bonchev–Trinajstić information content (AvgIpc) is 2.61. The maximum Gasteiger partial charge on any atom is 0.306 e. The van der Waals surface area contributed by atoms with E-state index >= 15 is 0 Å². The average molecular weight is 391 g/mol. The number of amides is 1. The summed E-state index contributed by atoms with van der Waals surface area (Å²) in [6.45, 7) is 0. The number of halogens is 2. The molecule has 1 amide bonds. The number of hydrogen-bond donors (Lipinski definition) is 1. The molecule has 0 aliphatic carbocycles. The maximum absolute atomic E-state index is 13.3. The van der Waals surface area contributed by atoms with Crippen LogP contribution in [0.25, 0.3) is 10.8 Å². The van der Waals surface area contributed by atoms with Gasteiger partial charge in [-0.25, -0.2) is 0 Å². The Morgan fingerprint density at radius 2 is 1.92 bits per heavy atom. The first-order valence-corrected chi connectivity index (χ1v) is 8.86. The summed E-state index contributed by atoms with van der Waals surface area (Å²) in [5, 5.41) is 15.7. The maximum atomic E-state index is 13.3. The summed E-state index contributed by atoms with van der Waals surface area (Å²) in [6, 6.07) is 14.5. The van der Waals surface area contributed by atoms with Crippen LogP contribution in [0.1, 0.15) is 0 Å². The predicted molar refractivity (Wildman–Crippen MR) is 101 cm³/mol. The second-order valence-corrected chi connectivity index (χ2v) is 6.78. The minimum absolute atomic E-state index is 0.0789. The lowest BCUT2D eigenvalue weighted by Crippen LogP contribution is -2.14. The standard InChI is InChI=1S/C18H12ClFN2O3S/c19-13-5-1-3-11-4-2-6-16(18(11)13)26-10-17(23)21-12-7-8-14(20)15(9-12)22(24)25/h1-9H,10H2,(H,21,23). The molecule has 5 nitrogen and oxygen atoms in total. The lowest BCUT2D eigenvalue weighted by atomic mass is 10.1. The molecular formula is C18H12ClFN2O3S. The third kappa shape index (κ3) is 3.95. The van der Waals surface area contributed by atoms with Crippen LogP contribution in [0.2, 0.25) is 5.02 Å². The number of nitrogens with one attached hydrogen (secondary N) is 1. The van der Waals surface area contributed by atoms with E-state index in [0.29, 0.717) is 5.02 Å². The zero-order chi connectivity index (χ0) is 18.7. The van der Waals surface area contributed by atoms with Crippen molar-refractivity contribution in [1.82, 2.24) is 0 Å². The van der Waals surface area contributed by atoms with Crippen molar-refractivity contribution >= 4 is 51.4 Å². The molecule has 0 atom stereocenters. The van der Waals surface area contributed by atoms with Crippen LogP contribution in [0.15, 0.2) is 59.5 Å². The van der Waals surface area contributed by atoms with Gasteiger partial charge < -0.3 is 5.32 Å². The van der Waals surface area contributed by atoms with E-state index in [-0.39, 0.29) is 17.3 Å². The van der Waals surface area contributed by atoms with Crippen LogP contribution in [0.4, 0.5) is 15.8 Å². The Bertz CT molecular complexity index is 1010. The summed E-state index contributed by atoms with van der Waals surface area (Å²) >= 11 is 7.56. The van der Waals surface area contributed by atoms with Crippen LogP contribution in [-0.4, -0.2) is 16.6 Å². The largest absolute Gasteiger partial charge is 0.325 e. The Balaban J connectivity index is 1.72. The molecule has 3 aromatic carbocycles. The normalized spacial score (nSPS) is 10.7. The zero-order valence-electron chi connectivity index (χ0n) is 13.2. The van der Waals surface area contributed by atoms with Crippen molar-refractivity contribution in [3.63, 3.8) is 0 Å². The molecule has 0 saturated heterocycles. The number of benzene rings is 3. The van der Waals surface area contributed by atoms with Crippen LogP contribution < -0.4 is 5.32 Å². The van der Waals surface area contributed by atoms with Gasteiger partial charge in [0.2, 0.25) is 11.7 Å². The smallest absolute Gasteiger partial charge is 0.306 e. The van der Waals surface area contributed by atoms with E-state index in [1.54, 1.807) is 6.07 Å². The third-order valence-corrected chi connectivity index (χ3v) is 4.97. The molecule has 0 aliphatic heterocycles. The summed E-state index contributed by atoms with van der Waals surface area (Å²) in [7, 11) is 0. The SMILES string of the molecule is O=C(CSc1cccc2cccc(Cl)c12)Nc1ccc(F)c([N+](=O)[O-])c1. The molecule has 132 valence electrons. The first-order valence-electron chi connectivity index (χ1n) is 7.49. The molecule has 3 rings (SSSR count). The van der Waals surface area contributed by atoms with E-state index in [0.717, 1.165) is 27.8 Å². The third-order valence-electron chi connectivity index (χ3n) is 3.60. The molecule has 0 fully saturated rings. The van der Waals surface area contributed by atoms with Gasteiger partial charge in [0.05, 0.1) is 10.7 Å². The van der Waals surface area contributed by atoms with Crippen LogP contribution >= 0.6 is 23.4 Å². The number of carbonyl (C=O) groups is 1. The fourth-order valence-electron chi connectivity index (χ4n) is 2.45. The quantitative estimate of drug-likeness (QED) is 0.366. The van der Waals surface area contributed by atoms with Crippen molar-refractivity contribution in [3.05, 3.63) is 75.6 Å². The van der Waals surface area contributed by atoms with E-state index in [4.69, 9.17) is 11.6 Å². The summed E-state index contributed by atoms with van der Waals surface area (Å²) in [5.41, 5.74) is -0.518. The summed E-state index contributed by atoms with van der Waals surface area (Å²) in [6.07, 6.45) is 0. The molecule has 0 heterocycles. The molecule has 0 saturated carbocycles. The molecule has 0 spiro atoms. The molecule has 0 aliphatic rings. The Labute approximate surface area is 157 Å². The molecule has 0 unspecified atom stereocenters. The van der Waals surface area contributed by atoms with Crippen molar-refractivity contribution in [2.75, 3.05) is 11.1 Å². The summed E-state index contributed by atoms with van der Waals surface area (Å²) < 4.78 is 13.3. The monoisotopic (exact) mass is 390 g/mol. The predicted octanol–water partition coefficient (Wildman–Crippen LogP) is 5.27. The van der Waals surface area contributed by atoms with Crippen molar-refractivity contribution in [1.29, 1.82) is 0 Å². The van der Waals surface area contributed by atoms with Crippen LogP contribution in [-0.2, 0) is 4.79 Å². The molecule has 0 bridgehead atoms. The fourth-order valence-corrected chi connectivity index (χ4v) is 3.70. The second kappa shape index (κ2) is 7.72. The highest BCUT2D eigenvalue weighted by molar-refractivity contribution is 8.00. The number of anilines is 1. The fraction of sp³-hybridized carbons (Fsp3) is 0.0556. The number of carbonyl (C=O) groups excluding carboxylic acids is 1. The van der Waals surface area contributed by atoms with E-state index in [1.165, 1.54) is 17.8 Å². The van der Waals surface area contributed by atoms with E-state index in [1.807, 2.05) is 30.3 Å². The first-order chi connectivity index (χ1) is 12.5. The molecule has 26 heavy (non-hydrogen) atoms. The lowest BCUT2D eigenvalue weighted by molar-refractivity contribution is -0.387. The van der Waals surface area contributed by atoms with E-state index in [9.17, 15) is 19.3 Å². The Morgan fingerprint density at radius 1 is 1.19 bits per heavy atom. The Hall–Kier alpha value is -2.64. The van der Waals surface area contributed by atoms with Gasteiger partial charge in [-0.2, -0.15) is 4.39 Å². The lowest BCUT2D eigenvalue weighted by Gasteiger charge is -2.09. The number of hydrogen-bond acceptors (Lipinski definition) is 4. The first kappa shape index (κ1) is 18.2. The highest BCUT2D eigenvalue weighted by Crippen LogP contribution is 2.33. The highest BCUT2D eigenvalue weighted by atomic mass is 35.5. The van der Waals surface area contributed by atoms with Gasteiger partial charge in [-0.15, -0.1) is 11.8 Å². The number of nitrogens with zero attached hydrogens (tertiary/aromatic N) is 1. The van der Waals surface area contributed by atoms with Gasteiger partial charge in [-0.1, -0.05) is 35.9 Å². The second-order valence-electron chi connectivity index (χ2n) is 5.35. The molecule has 8 heteroatoms. The van der Waals surface area contributed by atoms with Gasteiger partial charge in [0.15, 0.2) is 0 Å². The van der Waals surface area contributed by atoms with Crippen LogP contribution in [0.3, 0.4) is 0 Å². The Morgan fingerprint density at radius 3 is 2.65 bits per heavy atom. The van der Waals surface area contributed by atoms with Crippen molar-refractivity contribution < 1.29 is 14.1 Å². The van der Waals surface area contributed by atoms with Crippen molar-refractivity contribution in [2.24, 2.45) is 0 Å². The van der Waals surface area contributed by atoms with Gasteiger partial charge in [-0.3, -0.25) is 14.9 Å². The minimum Gasteiger partial charge on any atom is -0.325 e. The number of fused-ring (bicyclic) bond motifs is 1. The van der Waals surface area contributed by atoms with Gasteiger partial charge in [0, 0.05) is 27.1 Å². The van der Waals surface area contributed by atoms with E-state index < -0.39 is 16.4 Å². The minimum atomic E-state index is -0.951. The van der Waals surface area contributed by atoms with Crippen LogP contribution in [0, 0.1) is 15.9 Å². The summed E-state index contributed by atoms with van der Waals surface area (Å²) in [5.74, 6) is -1.23. The molecule has 0 aromatic heterocycles. The molecule has 0 radical (unpaired) electrons. The van der Waals surface area contributed by atoms with Crippen LogP contribution in [0.5, 0.6) is 0 Å². The topological polar surface area (TPSA) is 72.2 Å². The molecule has 1 N–H and O–H groups in total. The zero-order valence-corrected chi connectivity index (χ0v) is 14.8.